The third kappa shape index (κ3) is 7.28. The van der Waals surface area contributed by atoms with E-state index in [1.165, 1.54) is 32.1 Å². The monoisotopic (exact) mass is 290 g/mol. The highest BCUT2D eigenvalue weighted by Crippen LogP contribution is 2.11. The number of nitrogens with two attached hydrogens (primary N) is 1. The van der Waals surface area contributed by atoms with Crippen LogP contribution in [0.2, 0.25) is 0 Å². The van der Waals surface area contributed by atoms with Gasteiger partial charge in [0.05, 0.1) is 0 Å². The van der Waals surface area contributed by atoms with Crippen molar-refractivity contribution in [3.8, 4) is 0 Å². The molecule has 0 aliphatic carbocycles. The molecule has 1 rings (SSSR count). The zero-order chi connectivity index (χ0) is 15.5. The first kappa shape index (κ1) is 17.7. The van der Waals surface area contributed by atoms with Gasteiger partial charge in [-0.15, -0.1) is 0 Å². The Hall–Kier alpha value is -1.35. The van der Waals surface area contributed by atoms with Crippen molar-refractivity contribution in [1.29, 1.82) is 0 Å². The van der Waals surface area contributed by atoms with Crippen LogP contribution < -0.4 is 5.73 Å². The first-order valence-corrected chi connectivity index (χ1v) is 8.19. The van der Waals surface area contributed by atoms with Gasteiger partial charge in [-0.25, -0.2) is 0 Å². The standard InChI is InChI=1S/C18H30N2O/c1-3-4-5-6-7-8-12-18(21)20(2)15-17-11-9-10-16(13-17)14-19/h9-11,13H,3-8,12,14-15,19H2,1-2H3. The Morgan fingerprint density at radius 3 is 2.48 bits per heavy atom. The van der Waals surface area contributed by atoms with Gasteiger partial charge in [-0.1, -0.05) is 63.3 Å². The number of carbonyl (C=O) groups excluding carboxylic acids is 1. The number of hydrogen-bond donors (Lipinski definition) is 1. The lowest BCUT2D eigenvalue weighted by atomic mass is 10.1. The van der Waals surface area contributed by atoms with Crippen LogP contribution in [-0.2, 0) is 17.9 Å². The second kappa shape index (κ2) is 10.4. The highest BCUT2D eigenvalue weighted by atomic mass is 16.2. The van der Waals surface area contributed by atoms with E-state index in [2.05, 4.69) is 13.0 Å². The predicted octanol–water partition coefficient (Wildman–Crippen LogP) is 3.85. The Labute approximate surface area is 129 Å². The van der Waals surface area contributed by atoms with E-state index in [1.807, 2.05) is 30.1 Å². The molecule has 3 heteroatoms. The van der Waals surface area contributed by atoms with Gasteiger partial charge in [0.15, 0.2) is 0 Å². The molecule has 0 aliphatic rings. The second-order valence-electron chi connectivity index (χ2n) is 5.79. The highest BCUT2D eigenvalue weighted by Gasteiger charge is 2.09. The summed E-state index contributed by atoms with van der Waals surface area (Å²) in [6, 6.07) is 8.15. The SMILES string of the molecule is CCCCCCCCC(=O)N(C)Cc1cccc(CN)c1. The van der Waals surface area contributed by atoms with E-state index < -0.39 is 0 Å². The fourth-order valence-electron chi connectivity index (χ4n) is 2.46. The number of amides is 1. The summed E-state index contributed by atoms with van der Waals surface area (Å²) in [6.07, 6.45) is 7.97. The maximum atomic E-state index is 12.1. The Kier molecular flexibility index (Phi) is 8.76. The van der Waals surface area contributed by atoms with Crippen LogP contribution in [-0.4, -0.2) is 17.9 Å². The van der Waals surface area contributed by atoms with Crippen LogP contribution in [0.15, 0.2) is 24.3 Å². The molecule has 1 aromatic carbocycles. The molecule has 0 unspecified atom stereocenters. The largest absolute Gasteiger partial charge is 0.341 e. The number of rotatable bonds is 10. The molecule has 1 amide bonds. The van der Waals surface area contributed by atoms with E-state index in [1.54, 1.807) is 0 Å². The van der Waals surface area contributed by atoms with Crippen LogP contribution in [0.25, 0.3) is 0 Å². The van der Waals surface area contributed by atoms with E-state index in [4.69, 9.17) is 5.73 Å². The fourth-order valence-corrected chi connectivity index (χ4v) is 2.46. The quantitative estimate of drug-likeness (QED) is 0.665. The summed E-state index contributed by atoms with van der Waals surface area (Å²) in [6.45, 7) is 3.43. The third-order valence-electron chi connectivity index (χ3n) is 3.82. The number of nitrogens with zero attached hydrogens (tertiary/aromatic N) is 1. The molecule has 21 heavy (non-hydrogen) atoms. The molecule has 0 bridgehead atoms. The van der Waals surface area contributed by atoms with Gasteiger partial charge >= 0.3 is 0 Å². The summed E-state index contributed by atoms with van der Waals surface area (Å²) in [7, 11) is 1.88. The summed E-state index contributed by atoms with van der Waals surface area (Å²) >= 11 is 0. The Morgan fingerprint density at radius 2 is 1.76 bits per heavy atom. The summed E-state index contributed by atoms with van der Waals surface area (Å²) in [5, 5.41) is 0. The van der Waals surface area contributed by atoms with Crippen molar-refractivity contribution in [1.82, 2.24) is 4.90 Å². The van der Waals surface area contributed by atoms with E-state index in [0.717, 1.165) is 17.5 Å². The van der Waals surface area contributed by atoms with Crippen LogP contribution in [0.1, 0.15) is 63.0 Å². The van der Waals surface area contributed by atoms with Crippen LogP contribution in [0.5, 0.6) is 0 Å². The van der Waals surface area contributed by atoms with E-state index >= 15 is 0 Å². The van der Waals surface area contributed by atoms with Gasteiger partial charge in [-0.2, -0.15) is 0 Å². The topological polar surface area (TPSA) is 46.3 Å². The minimum atomic E-state index is 0.239. The Balaban J connectivity index is 2.27. The maximum absolute atomic E-state index is 12.1. The Bertz CT molecular complexity index is 417. The second-order valence-corrected chi connectivity index (χ2v) is 5.79. The van der Waals surface area contributed by atoms with Crippen molar-refractivity contribution >= 4 is 5.91 Å². The first-order valence-electron chi connectivity index (χ1n) is 8.19. The van der Waals surface area contributed by atoms with Gasteiger partial charge in [0.2, 0.25) is 5.91 Å². The molecule has 0 fully saturated rings. The van der Waals surface area contributed by atoms with Crippen molar-refractivity contribution < 1.29 is 4.79 Å². The third-order valence-corrected chi connectivity index (χ3v) is 3.82. The predicted molar refractivity (Wildman–Crippen MR) is 88.8 cm³/mol. The van der Waals surface area contributed by atoms with Crippen molar-refractivity contribution in [3.05, 3.63) is 35.4 Å². The number of carbonyl (C=O) groups is 1. The molecule has 1 aromatic rings. The average Bonchev–Trinajstić information content (AvgIpc) is 2.50. The minimum absolute atomic E-state index is 0.239. The summed E-state index contributed by atoms with van der Waals surface area (Å²) < 4.78 is 0. The highest BCUT2D eigenvalue weighted by molar-refractivity contribution is 5.75. The van der Waals surface area contributed by atoms with Gasteiger partial charge in [-0.05, 0) is 17.5 Å². The van der Waals surface area contributed by atoms with Crippen molar-refractivity contribution in [2.24, 2.45) is 5.73 Å². The molecule has 0 atom stereocenters. The zero-order valence-corrected chi connectivity index (χ0v) is 13.6. The minimum Gasteiger partial charge on any atom is -0.341 e. The summed E-state index contributed by atoms with van der Waals surface area (Å²) in [5.74, 6) is 0.239. The lowest BCUT2D eigenvalue weighted by Crippen LogP contribution is -2.25. The number of benzene rings is 1. The summed E-state index contributed by atoms with van der Waals surface area (Å²) in [5.41, 5.74) is 7.91. The molecule has 0 aromatic heterocycles. The molecule has 0 saturated heterocycles. The van der Waals surface area contributed by atoms with Gasteiger partial charge in [0.1, 0.15) is 0 Å². The van der Waals surface area contributed by atoms with E-state index in [-0.39, 0.29) is 5.91 Å². The lowest BCUT2D eigenvalue weighted by molar-refractivity contribution is -0.130. The first-order chi connectivity index (χ1) is 10.2. The van der Waals surface area contributed by atoms with Crippen molar-refractivity contribution in [2.75, 3.05) is 7.05 Å². The molecule has 2 N–H and O–H groups in total. The van der Waals surface area contributed by atoms with Crippen LogP contribution in [0, 0.1) is 0 Å². The normalized spacial score (nSPS) is 10.6. The molecule has 0 radical (unpaired) electrons. The molecule has 0 saturated carbocycles. The van der Waals surface area contributed by atoms with Crippen LogP contribution in [0.3, 0.4) is 0 Å². The number of hydrogen-bond acceptors (Lipinski definition) is 2. The molecule has 0 spiro atoms. The van der Waals surface area contributed by atoms with E-state index in [0.29, 0.717) is 19.5 Å². The number of unbranched alkanes of at least 4 members (excludes halogenated alkanes) is 5. The molecule has 0 aliphatic heterocycles. The van der Waals surface area contributed by atoms with E-state index in [9.17, 15) is 4.79 Å². The van der Waals surface area contributed by atoms with Crippen LogP contribution in [0.4, 0.5) is 0 Å². The summed E-state index contributed by atoms with van der Waals surface area (Å²) in [4.78, 5) is 13.9. The molecule has 118 valence electrons. The van der Waals surface area contributed by atoms with Gasteiger partial charge in [0.25, 0.3) is 0 Å². The lowest BCUT2D eigenvalue weighted by Gasteiger charge is -2.17. The van der Waals surface area contributed by atoms with Crippen LogP contribution >= 0.6 is 0 Å². The Morgan fingerprint density at radius 1 is 1.10 bits per heavy atom. The zero-order valence-electron chi connectivity index (χ0n) is 13.6. The van der Waals surface area contributed by atoms with Crippen molar-refractivity contribution in [2.45, 2.75) is 65.0 Å². The fraction of sp³-hybridized carbons (Fsp3) is 0.611. The van der Waals surface area contributed by atoms with Gasteiger partial charge in [0, 0.05) is 26.6 Å². The smallest absolute Gasteiger partial charge is 0.222 e. The average molecular weight is 290 g/mol. The maximum Gasteiger partial charge on any atom is 0.222 e. The molecule has 0 heterocycles. The molecular formula is C18H30N2O. The van der Waals surface area contributed by atoms with Gasteiger partial charge in [-0.3, -0.25) is 4.79 Å². The van der Waals surface area contributed by atoms with Crippen molar-refractivity contribution in [3.63, 3.8) is 0 Å². The molecular weight excluding hydrogens is 260 g/mol. The van der Waals surface area contributed by atoms with Gasteiger partial charge < -0.3 is 10.6 Å². The molecule has 3 nitrogen and oxygen atoms in total.